The first kappa shape index (κ1) is 18.6. The molecule has 0 saturated heterocycles. The molecule has 5 nitrogen and oxygen atoms in total. The summed E-state index contributed by atoms with van der Waals surface area (Å²) in [5, 5.41) is 8.80. The fraction of sp³-hybridized carbons (Fsp3) is 0.143. The van der Waals surface area contributed by atoms with Crippen molar-refractivity contribution in [2.24, 2.45) is 5.10 Å². The predicted octanol–water partition coefficient (Wildman–Crippen LogP) is 3.80. The van der Waals surface area contributed by atoms with Crippen molar-refractivity contribution >= 4 is 40.3 Å². The summed E-state index contributed by atoms with van der Waals surface area (Å²) >= 11 is 5.84. The molecule has 0 bridgehead atoms. The summed E-state index contributed by atoms with van der Waals surface area (Å²) in [5.74, 6) is 2.43. The van der Waals surface area contributed by atoms with Crippen LogP contribution in [0.4, 0.5) is 5.69 Å². The fourth-order valence-corrected chi connectivity index (χ4v) is 3.00. The number of anilines is 1. The van der Waals surface area contributed by atoms with E-state index in [0.29, 0.717) is 11.6 Å². The van der Waals surface area contributed by atoms with Crippen molar-refractivity contribution in [3.63, 3.8) is 0 Å². The first-order valence-corrected chi connectivity index (χ1v) is 8.80. The number of terminal acetylenes is 1. The maximum Gasteiger partial charge on any atom is 0.259 e. The highest BCUT2D eigenvalue weighted by Gasteiger charge is 2.11. The first-order valence-electron chi connectivity index (χ1n) is 8.43. The number of aromatic nitrogens is 1. The van der Waals surface area contributed by atoms with E-state index in [-0.39, 0.29) is 12.5 Å². The van der Waals surface area contributed by atoms with Crippen molar-refractivity contribution < 1.29 is 4.79 Å². The summed E-state index contributed by atoms with van der Waals surface area (Å²) in [5.41, 5.74) is 6.34. The number of nitrogens with zero attached hydrogens (tertiary/aromatic N) is 2. The lowest BCUT2D eigenvalue weighted by Crippen LogP contribution is -2.25. The Bertz CT molecular complexity index is 1030. The van der Waals surface area contributed by atoms with Gasteiger partial charge < -0.3 is 9.88 Å². The minimum absolute atomic E-state index is 0.108. The van der Waals surface area contributed by atoms with Crippen molar-refractivity contribution in [3.8, 4) is 12.3 Å². The maximum atomic E-state index is 12.0. The summed E-state index contributed by atoms with van der Waals surface area (Å²) in [6.45, 7) is 2.58. The highest BCUT2D eigenvalue weighted by Crippen LogP contribution is 2.24. The minimum Gasteiger partial charge on any atom is -0.376 e. The van der Waals surface area contributed by atoms with Gasteiger partial charge in [-0.3, -0.25) is 4.79 Å². The summed E-state index contributed by atoms with van der Waals surface area (Å²) in [7, 11) is 0. The van der Waals surface area contributed by atoms with E-state index in [4.69, 9.17) is 18.0 Å². The average molecular weight is 379 g/mol. The molecule has 3 rings (SSSR count). The van der Waals surface area contributed by atoms with Gasteiger partial charge in [0.1, 0.15) is 0 Å². The SMILES string of the molecule is C#CCn1c(C)c(/C=N\NC(=O)CNc2ccc(Cl)cc2)c2ccccc21. The van der Waals surface area contributed by atoms with E-state index in [9.17, 15) is 4.79 Å². The number of para-hydroxylation sites is 1. The second-order valence-electron chi connectivity index (χ2n) is 5.96. The Morgan fingerprint density at radius 1 is 1.26 bits per heavy atom. The lowest BCUT2D eigenvalue weighted by Gasteiger charge is -2.05. The molecule has 0 spiro atoms. The van der Waals surface area contributed by atoms with Gasteiger partial charge in [-0.25, -0.2) is 5.43 Å². The molecule has 0 fully saturated rings. The molecule has 0 unspecified atom stereocenters. The van der Waals surface area contributed by atoms with Crippen molar-refractivity contribution in [1.29, 1.82) is 0 Å². The Kier molecular flexibility index (Phi) is 5.80. The number of rotatable bonds is 6. The van der Waals surface area contributed by atoms with Gasteiger partial charge in [-0.05, 0) is 37.3 Å². The van der Waals surface area contributed by atoms with Crippen LogP contribution in [0.3, 0.4) is 0 Å². The zero-order chi connectivity index (χ0) is 19.2. The number of nitrogens with one attached hydrogen (secondary N) is 2. The van der Waals surface area contributed by atoms with Crippen LogP contribution in [0.2, 0.25) is 5.02 Å². The third-order valence-electron chi connectivity index (χ3n) is 4.21. The second kappa shape index (κ2) is 8.43. The molecule has 3 aromatic rings. The van der Waals surface area contributed by atoms with Crippen molar-refractivity contribution in [2.45, 2.75) is 13.5 Å². The van der Waals surface area contributed by atoms with E-state index in [1.807, 2.05) is 43.3 Å². The van der Waals surface area contributed by atoms with Crippen LogP contribution in [-0.4, -0.2) is 23.2 Å². The van der Waals surface area contributed by atoms with Crippen molar-refractivity contribution in [2.75, 3.05) is 11.9 Å². The standard InChI is InChI=1S/C21H19ClN4O/c1-3-12-26-15(2)19(18-6-4-5-7-20(18)26)13-24-25-21(27)14-23-17-10-8-16(22)9-11-17/h1,4-11,13,23H,12,14H2,2H3,(H,25,27)/b24-13-. The van der Waals surface area contributed by atoms with Crippen LogP contribution in [0, 0.1) is 19.3 Å². The summed E-state index contributed by atoms with van der Waals surface area (Å²) in [6, 6.07) is 15.1. The molecule has 2 N–H and O–H groups in total. The molecule has 2 aromatic carbocycles. The smallest absolute Gasteiger partial charge is 0.259 e. The Hall–Kier alpha value is -3.23. The van der Waals surface area contributed by atoms with Crippen LogP contribution < -0.4 is 10.7 Å². The van der Waals surface area contributed by atoms with Crippen LogP contribution in [0.15, 0.2) is 53.6 Å². The first-order chi connectivity index (χ1) is 13.1. The molecule has 6 heteroatoms. The van der Waals surface area contributed by atoms with Gasteiger partial charge in [0.2, 0.25) is 0 Å². The Morgan fingerprint density at radius 2 is 2.00 bits per heavy atom. The van der Waals surface area contributed by atoms with Gasteiger partial charge in [-0.15, -0.1) is 6.42 Å². The zero-order valence-corrected chi connectivity index (χ0v) is 15.6. The number of hydrogen-bond acceptors (Lipinski definition) is 3. The Balaban J connectivity index is 1.67. The second-order valence-corrected chi connectivity index (χ2v) is 6.40. The third-order valence-corrected chi connectivity index (χ3v) is 4.46. The van der Waals surface area contributed by atoms with E-state index in [1.165, 1.54) is 0 Å². The quantitative estimate of drug-likeness (QED) is 0.389. The van der Waals surface area contributed by atoms with E-state index in [1.54, 1.807) is 18.3 Å². The molecular formula is C21H19ClN4O. The van der Waals surface area contributed by atoms with E-state index < -0.39 is 0 Å². The topological polar surface area (TPSA) is 58.4 Å². The fourth-order valence-electron chi connectivity index (χ4n) is 2.87. The van der Waals surface area contributed by atoms with E-state index >= 15 is 0 Å². The monoisotopic (exact) mass is 378 g/mol. The van der Waals surface area contributed by atoms with Crippen LogP contribution in [-0.2, 0) is 11.3 Å². The number of carbonyl (C=O) groups is 1. The van der Waals surface area contributed by atoms with Gasteiger partial charge in [0, 0.05) is 32.9 Å². The van der Waals surface area contributed by atoms with Gasteiger partial charge in [0.25, 0.3) is 5.91 Å². The molecule has 1 amide bonds. The maximum absolute atomic E-state index is 12.0. The van der Waals surface area contributed by atoms with E-state index in [2.05, 4.69) is 26.3 Å². The molecular weight excluding hydrogens is 360 g/mol. The molecule has 0 saturated carbocycles. The van der Waals surface area contributed by atoms with Crippen LogP contribution in [0.5, 0.6) is 0 Å². The average Bonchev–Trinajstić information content (AvgIpc) is 2.94. The number of fused-ring (bicyclic) bond motifs is 1. The van der Waals surface area contributed by atoms with Gasteiger partial charge in [-0.2, -0.15) is 5.10 Å². The number of halogens is 1. The molecule has 27 heavy (non-hydrogen) atoms. The predicted molar refractivity (Wildman–Crippen MR) is 111 cm³/mol. The minimum atomic E-state index is -0.244. The van der Waals surface area contributed by atoms with Gasteiger partial charge in [-0.1, -0.05) is 35.7 Å². The highest BCUT2D eigenvalue weighted by atomic mass is 35.5. The van der Waals surface area contributed by atoms with Crippen LogP contribution >= 0.6 is 11.6 Å². The Labute approximate surface area is 163 Å². The van der Waals surface area contributed by atoms with Gasteiger partial charge in [0.05, 0.1) is 19.3 Å². The molecule has 0 radical (unpaired) electrons. The number of benzene rings is 2. The summed E-state index contributed by atoms with van der Waals surface area (Å²) < 4.78 is 2.06. The number of amides is 1. The molecule has 0 aliphatic heterocycles. The zero-order valence-electron chi connectivity index (χ0n) is 14.9. The lowest BCUT2D eigenvalue weighted by atomic mass is 10.1. The molecule has 1 heterocycles. The highest BCUT2D eigenvalue weighted by molar-refractivity contribution is 6.30. The largest absolute Gasteiger partial charge is 0.376 e. The van der Waals surface area contributed by atoms with Crippen LogP contribution in [0.1, 0.15) is 11.3 Å². The molecule has 0 aliphatic carbocycles. The number of hydrogen-bond donors (Lipinski definition) is 2. The number of carbonyl (C=O) groups excluding carboxylic acids is 1. The van der Waals surface area contributed by atoms with Gasteiger partial charge >= 0.3 is 0 Å². The number of hydrazone groups is 1. The lowest BCUT2D eigenvalue weighted by molar-refractivity contribution is -0.119. The molecule has 1 aromatic heterocycles. The Morgan fingerprint density at radius 3 is 2.74 bits per heavy atom. The molecule has 0 aliphatic rings. The van der Waals surface area contributed by atoms with Crippen molar-refractivity contribution in [3.05, 3.63) is 64.8 Å². The van der Waals surface area contributed by atoms with E-state index in [0.717, 1.165) is 27.8 Å². The molecule has 136 valence electrons. The van der Waals surface area contributed by atoms with Crippen molar-refractivity contribution in [1.82, 2.24) is 9.99 Å². The summed E-state index contributed by atoms with van der Waals surface area (Å²) in [6.07, 6.45) is 7.14. The van der Waals surface area contributed by atoms with Gasteiger partial charge in [0.15, 0.2) is 0 Å². The molecule has 0 atom stereocenters. The third kappa shape index (κ3) is 4.30. The normalized spacial score (nSPS) is 10.9. The summed E-state index contributed by atoms with van der Waals surface area (Å²) in [4.78, 5) is 12.0. The van der Waals surface area contributed by atoms with Crippen LogP contribution in [0.25, 0.3) is 10.9 Å².